The fourth-order valence-corrected chi connectivity index (χ4v) is 3.36. The number of nitrogens with zero attached hydrogens (tertiary/aromatic N) is 1. The Morgan fingerprint density at radius 3 is 2.73 bits per heavy atom. The SMILES string of the molecule is Cc1ccccc1N(CC(=O)NC[C@@H]1CCCO1)S(C)(=O)=O. The Morgan fingerprint density at radius 2 is 2.14 bits per heavy atom. The number of carbonyl (C=O) groups is 1. The van der Waals surface area contributed by atoms with Gasteiger partial charge in [-0.25, -0.2) is 8.42 Å². The predicted octanol–water partition coefficient (Wildman–Crippen LogP) is 1.06. The molecule has 1 heterocycles. The van der Waals surface area contributed by atoms with Gasteiger partial charge in [0.05, 0.1) is 18.0 Å². The number of anilines is 1. The first-order valence-corrected chi connectivity index (χ1v) is 9.14. The fraction of sp³-hybridized carbons (Fsp3) is 0.533. The molecule has 0 spiro atoms. The maximum absolute atomic E-state index is 12.1. The van der Waals surface area contributed by atoms with Crippen molar-refractivity contribution in [2.45, 2.75) is 25.9 Å². The van der Waals surface area contributed by atoms with E-state index >= 15 is 0 Å². The van der Waals surface area contributed by atoms with Crippen molar-refractivity contribution < 1.29 is 17.9 Å². The number of aryl methyl sites for hydroxylation is 1. The van der Waals surface area contributed by atoms with Gasteiger partial charge in [0, 0.05) is 13.2 Å². The van der Waals surface area contributed by atoms with E-state index < -0.39 is 10.0 Å². The number of carbonyl (C=O) groups excluding carboxylic acids is 1. The van der Waals surface area contributed by atoms with Crippen LogP contribution in [0.3, 0.4) is 0 Å². The third kappa shape index (κ3) is 4.45. The van der Waals surface area contributed by atoms with Crippen LogP contribution in [0.5, 0.6) is 0 Å². The van der Waals surface area contributed by atoms with Crippen molar-refractivity contribution >= 4 is 21.6 Å². The van der Waals surface area contributed by atoms with Crippen LogP contribution in [0.2, 0.25) is 0 Å². The highest BCUT2D eigenvalue weighted by Crippen LogP contribution is 2.21. The molecule has 2 rings (SSSR count). The van der Waals surface area contributed by atoms with Gasteiger partial charge in [0.1, 0.15) is 6.54 Å². The third-order valence-electron chi connectivity index (χ3n) is 3.62. The molecule has 1 aromatic rings. The summed E-state index contributed by atoms with van der Waals surface area (Å²) in [5.74, 6) is -0.329. The Balaban J connectivity index is 2.04. The molecule has 1 aliphatic rings. The zero-order chi connectivity index (χ0) is 16.2. The molecule has 1 amide bonds. The molecule has 22 heavy (non-hydrogen) atoms. The van der Waals surface area contributed by atoms with Crippen molar-refractivity contribution in [3.8, 4) is 0 Å². The molecule has 7 heteroatoms. The van der Waals surface area contributed by atoms with E-state index in [4.69, 9.17) is 4.74 Å². The van der Waals surface area contributed by atoms with E-state index in [0.29, 0.717) is 12.2 Å². The number of rotatable bonds is 6. The highest BCUT2D eigenvalue weighted by molar-refractivity contribution is 7.92. The van der Waals surface area contributed by atoms with Crippen molar-refractivity contribution in [1.82, 2.24) is 5.32 Å². The molecule has 0 aliphatic carbocycles. The number of para-hydroxylation sites is 1. The molecule has 0 bridgehead atoms. The van der Waals surface area contributed by atoms with Crippen LogP contribution >= 0.6 is 0 Å². The Kier molecular flexibility index (Phi) is 5.42. The van der Waals surface area contributed by atoms with Gasteiger partial charge in [-0.15, -0.1) is 0 Å². The summed E-state index contributed by atoms with van der Waals surface area (Å²) in [6, 6.07) is 7.10. The Bertz CT molecular complexity index is 624. The number of hydrogen-bond donors (Lipinski definition) is 1. The largest absolute Gasteiger partial charge is 0.376 e. The van der Waals surface area contributed by atoms with Crippen LogP contribution in [0.1, 0.15) is 18.4 Å². The van der Waals surface area contributed by atoms with Gasteiger partial charge in [-0.2, -0.15) is 0 Å². The molecule has 1 fully saturated rings. The van der Waals surface area contributed by atoms with E-state index in [0.717, 1.165) is 35.6 Å². The lowest BCUT2D eigenvalue weighted by atomic mass is 10.2. The molecule has 1 N–H and O–H groups in total. The van der Waals surface area contributed by atoms with E-state index in [2.05, 4.69) is 5.32 Å². The summed E-state index contributed by atoms with van der Waals surface area (Å²) in [6.07, 6.45) is 3.06. The van der Waals surface area contributed by atoms with E-state index in [1.165, 1.54) is 0 Å². The van der Waals surface area contributed by atoms with E-state index in [1.54, 1.807) is 12.1 Å². The molecular weight excluding hydrogens is 304 g/mol. The molecular formula is C15H22N2O4S. The van der Waals surface area contributed by atoms with Gasteiger partial charge in [0.15, 0.2) is 0 Å². The monoisotopic (exact) mass is 326 g/mol. The van der Waals surface area contributed by atoms with Crippen LogP contribution in [0.4, 0.5) is 5.69 Å². The summed E-state index contributed by atoms with van der Waals surface area (Å²) in [5.41, 5.74) is 1.33. The zero-order valence-corrected chi connectivity index (χ0v) is 13.7. The second-order valence-electron chi connectivity index (χ2n) is 5.50. The van der Waals surface area contributed by atoms with Gasteiger partial charge >= 0.3 is 0 Å². The number of benzene rings is 1. The van der Waals surface area contributed by atoms with Crippen molar-refractivity contribution in [1.29, 1.82) is 0 Å². The summed E-state index contributed by atoms with van der Waals surface area (Å²) >= 11 is 0. The van der Waals surface area contributed by atoms with Gasteiger partial charge in [-0.1, -0.05) is 18.2 Å². The van der Waals surface area contributed by atoms with Gasteiger partial charge in [-0.3, -0.25) is 9.10 Å². The average molecular weight is 326 g/mol. The molecule has 1 aliphatic heterocycles. The summed E-state index contributed by atoms with van der Waals surface area (Å²) in [6.45, 7) is 2.73. The molecule has 0 unspecified atom stereocenters. The minimum absolute atomic E-state index is 0.0362. The summed E-state index contributed by atoms with van der Waals surface area (Å²) in [4.78, 5) is 12.1. The lowest BCUT2D eigenvalue weighted by Crippen LogP contribution is -2.42. The lowest BCUT2D eigenvalue weighted by Gasteiger charge is -2.23. The van der Waals surface area contributed by atoms with Crippen LogP contribution in [0.15, 0.2) is 24.3 Å². The standard InChI is InChI=1S/C15H22N2O4S/c1-12-6-3-4-8-14(12)17(22(2,19)20)11-15(18)16-10-13-7-5-9-21-13/h3-4,6,8,13H,5,7,9-11H2,1-2H3,(H,16,18)/t13-/m0/s1. The second-order valence-corrected chi connectivity index (χ2v) is 7.40. The van der Waals surface area contributed by atoms with Crippen LogP contribution in [-0.4, -0.2) is 46.4 Å². The number of hydrogen-bond acceptors (Lipinski definition) is 4. The van der Waals surface area contributed by atoms with Crippen LogP contribution in [0, 0.1) is 6.92 Å². The highest BCUT2D eigenvalue weighted by atomic mass is 32.2. The molecule has 0 saturated carbocycles. The first-order valence-electron chi connectivity index (χ1n) is 7.29. The van der Waals surface area contributed by atoms with Crippen LogP contribution < -0.4 is 9.62 Å². The molecule has 122 valence electrons. The summed E-state index contributed by atoms with van der Waals surface area (Å²) in [7, 11) is -3.53. The van der Waals surface area contributed by atoms with E-state index in [1.807, 2.05) is 19.1 Å². The normalized spacial score (nSPS) is 18.2. The zero-order valence-electron chi connectivity index (χ0n) is 12.9. The fourth-order valence-electron chi connectivity index (χ4n) is 2.44. The van der Waals surface area contributed by atoms with Gasteiger partial charge in [-0.05, 0) is 31.4 Å². The Morgan fingerprint density at radius 1 is 1.41 bits per heavy atom. The molecule has 0 aromatic heterocycles. The molecule has 0 radical (unpaired) electrons. The number of sulfonamides is 1. The Hall–Kier alpha value is -1.60. The third-order valence-corrected chi connectivity index (χ3v) is 4.75. The minimum atomic E-state index is -3.53. The van der Waals surface area contributed by atoms with Crippen LogP contribution in [0.25, 0.3) is 0 Å². The maximum atomic E-state index is 12.1. The highest BCUT2D eigenvalue weighted by Gasteiger charge is 2.23. The average Bonchev–Trinajstić information content (AvgIpc) is 2.95. The van der Waals surface area contributed by atoms with Gasteiger partial charge < -0.3 is 10.1 Å². The molecule has 1 saturated heterocycles. The van der Waals surface area contributed by atoms with Crippen molar-refractivity contribution in [2.24, 2.45) is 0 Å². The van der Waals surface area contributed by atoms with Gasteiger partial charge in [0.25, 0.3) is 0 Å². The number of nitrogens with one attached hydrogen (secondary N) is 1. The van der Waals surface area contributed by atoms with Crippen molar-refractivity contribution in [3.05, 3.63) is 29.8 Å². The lowest BCUT2D eigenvalue weighted by molar-refractivity contribution is -0.120. The summed E-state index contributed by atoms with van der Waals surface area (Å²) < 4.78 is 30.6. The number of amides is 1. The second kappa shape index (κ2) is 7.11. The van der Waals surface area contributed by atoms with Gasteiger partial charge in [0.2, 0.25) is 15.9 Å². The first kappa shape index (κ1) is 16.8. The smallest absolute Gasteiger partial charge is 0.240 e. The van der Waals surface area contributed by atoms with E-state index in [9.17, 15) is 13.2 Å². The maximum Gasteiger partial charge on any atom is 0.240 e. The first-order chi connectivity index (χ1) is 10.4. The predicted molar refractivity (Wildman–Crippen MR) is 85.4 cm³/mol. The molecule has 1 atom stereocenters. The van der Waals surface area contributed by atoms with E-state index in [-0.39, 0.29) is 18.6 Å². The molecule has 1 aromatic carbocycles. The topological polar surface area (TPSA) is 75.7 Å². The minimum Gasteiger partial charge on any atom is -0.376 e. The quantitative estimate of drug-likeness (QED) is 0.848. The number of ether oxygens (including phenoxy) is 1. The van der Waals surface area contributed by atoms with Crippen LogP contribution in [-0.2, 0) is 19.6 Å². The summed E-state index contributed by atoms with van der Waals surface area (Å²) in [5, 5.41) is 2.75. The molecule has 6 nitrogen and oxygen atoms in total. The Labute approximate surface area is 131 Å². The van der Waals surface area contributed by atoms with Crippen molar-refractivity contribution in [3.63, 3.8) is 0 Å². The van der Waals surface area contributed by atoms with Crippen molar-refractivity contribution in [2.75, 3.05) is 30.3 Å².